The summed E-state index contributed by atoms with van der Waals surface area (Å²) in [5.41, 5.74) is 1.86. The fourth-order valence-electron chi connectivity index (χ4n) is 4.64. The van der Waals surface area contributed by atoms with Crippen molar-refractivity contribution >= 4 is 34.2 Å². The molecule has 2 unspecified atom stereocenters. The number of likely N-dealkylation sites (tertiary alicyclic amines) is 1. The Balaban J connectivity index is 1.21. The summed E-state index contributed by atoms with van der Waals surface area (Å²) >= 11 is 1.49. The molecule has 0 spiro atoms. The summed E-state index contributed by atoms with van der Waals surface area (Å²) in [6.45, 7) is 7.05. The van der Waals surface area contributed by atoms with Gasteiger partial charge in [-0.1, -0.05) is 12.1 Å². The summed E-state index contributed by atoms with van der Waals surface area (Å²) < 4.78 is 0. The first-order valence-electron chi connectivity index (χ1n) is 11.0. The highest BCUT2D eigenvalue weighted by Gasteiger charge is 2.46. The van der Waals surface area contributed by atoms with Crippen LogP contribution in [0.1, 0.15) is 72.4 Å². The van der Waals surface area contributed by atoms with Gasteiger partial charge in [0.2, 0.25) is 5.91 Å². The van der Waals surface area contributed by atoms with E-state index in [1.165, 1.54) is 11.3 Å². The number of para-hydroxylation sites is 2. The van der Waals surface area contributed by atoms with Crippen molar-refractivity contribution in [3.63, 3.8) is 0 Å². The van der Waals surface area contributed by atoms with Gasteiger partial charge in [-0.15, -0.1) is 11.3 Å². The maximum absolute atomic E-state index is 13.0. The minimum Gasteiger partial charge on any atom is -0.349 e. The molecule has 3 heterocycles. The number of carbonyl (C=O) groups is 2. The second kappa shape index (κ2) is 7.48. The summed E-state index contributed by atoms with van der Waals surface area (Å²) in [6.07, 6.45) is 2.91. The van der Waals surface area contributed by atoms with Gasteiger partial charge in [0.1, 0.15) is 5.82 Å². The van der Waals surface area contributed by atoms with Gasteiger partial charge in [-0.2, -0.15) is 0 Å². The number of rotatable bonds is 5. The molecular formula is C24H28N4O2S. The molecule has 7 heteroatoms. The van der Waals surface area contributed by atoms with E-state index < -0.39 is 0 Å². The maximum Gasteiger partial charge on any atom is 0.264 e. The zero-order valence-electron chi connectivity index (χ0n) is 18.1. The predicted octanol–water partition coefficient (Wildman–Crippen LogP) is 4.62. The third kappa shape index (κ3) is 3.76. The summed E-state index contributed by atoms with van der Waals surface area (Å²) in [5.74, 6) is 1.16. The van der Waals surface area contributed by atoms with Crippen LogP contribution < -0.4 is 5.32 Å². The number of imidazole rings is 1. The number of hydrogen-bond donors (Lipinski definition) is 2. The average Bonchev–Trinajstić information content (AvgIpc) is 3.06. The molecule has 3 aromatic rings. The normalized spacial score (nSPS) is 23.1. The Morgan fingerprint density at radius 2 is 2.06 bits per heavy atom. The Labute approximate surface area is 186 Å². The number of hydrogen-bond acceptors (Lipinski definition) is 4. The third-order valence-electron chi connectivity index (χ3n) is 6.66. The second-order valence-electron chi connectivity index (χ2n) is 9.39. The molecule has 162 valence electrons. The Morgan fingerprint density at radius 3 is 2.81 bits per heavy atom. The molecule has 1 aliphatic carbocycles. The summed E-state index contributed by atoms with van der Waals surface area (Å²) in [5, 5.41) is 3.13. The van der Waals surface area contributed by atoms with E-state index >= 15 is 0 Å². The number of H-pyrrole nitrogens is 1. The smallest absolute Gasteiger partial charge is 0.264 e. The summed E-state index contributed by atoms with van der Waals surface area (Å²) in [7, 11) is 0. The minimum atomic E-state index is -0.123. The number of thiophene rings is 1. The first-order valence-corrected chi connectivity index (χ1v) is 11.8. The van der Waals surface area contributed by atoms with Crippen LogP contribution in [-0.4, -0.2) is 38.8 Å². The van der Waals surface area contributed by atoms with Gasteiger partial charge in [0, 0.05) is 28.8 Å². The van der Waals surface area contributed by atoms with E-state index in [0.717, 1.165) is 52.4 Å². The molecule has 1 saturated heterocycles. The van der Waals surface area contributed by atoms with Crippen LogP contribution in [-0.2, 0) is 4.79 Å². The molecule has 1 aliphatic heterocycles. The van der Waals surface area contributed by atoms with Crippen molar-refractivity contribution in [2.24, 2.45) is 5.92 Å². The molecule has 31 heavy (non-hydrogen) atoms. The van der Waals surface area contributed by atoms with E-state index in [9.17, 15) is 9.59 Å². The first-order chi connectivity index (χ1) is 14.8. The highest BCUT2D eigenvalue weighted by Crippen LogP contribution is 2.47. The molecular weight excluding hydrogens is 408 g/mol. The number of aromatic nitrogens is 2. The first kappa shape index (κ1) is 20.2. The van der Waals surface area contributed by atoms with Crippen LogP contribution in [0.4, 0.5) is 0 Å². The average molecular weight is 437 g/mol. The van der Waals surface area contributed by atoms with Crippen molar-refractivity contribution in [1.29, 1.82) is 0 Å². The Hall–Kier alpha value is -2.67. The number of benzene rings is 1. The van der Waals surface area contributed by atoms with Crippen LogP contribution in [0.5, 0.6) is 0 Å². The largest absolute Gasteiger partial charge is 0.349 e. The monoisotopic (exact) mass is 436 g/mol. The van der Waals surface area contributed by atoms with Gasteiger partial charge in [0.25, 0.3) is 5.91 Å². The van der Waals surface area contributed by atoms with Gasteiger partial charge < -0.3 is 15.2 Å². The van der Waals surface area contributed by atoms with Crippen molar-refractivity contribution in [2.75, 3.05) is 6.54 Å². The standard InChI is InChI=1S/C24H28N4O2S/c1-14(19-9-10-20(31-19)23(30)28-12-6-11-24(28,2)3)25-22(29)16-13-15(16)21-26-17-7-4-5-8-18(17)27-21/h4-5,7-10,14-16H,6,11-13H2,1-3H3,(H,25,29)(H,26,27)/t14-,15?,16?/m1/s1. The zero-order chi connectivity index (χ0) is 21.8. The van der Waals surface area contributed by atoms with Crippen LogP contribution in [0.3, 0.4) is 0 Å². The van der Waals surface area contributed by atoms with E-state index in [2.05, 4.69) is 29.1 Å². The van der Waals surface area contributed by atoms with Gasteiger partial charge in [0.05, 0.1) is 22.0 Å². The van der Waals surface area contributed by atoms with Gasteiger partial charge >= 0.3 is 0 Å². The van der Waals surface area contributed by atoms with Crippen molar-refractivity contribution < 1.29 is 9.59 Å². The van der Waals surface area contributed by atoms with Crippen LogP contribution in [0.2, 0.25) is 0 Å². The van der Waals surface area contributed by atoms with Crippen LogP contribution in [0.15, 0.2) is 36.4 Å². The Kier molecular flexibility index (Phi) is 4.88. The molecule has 1 aromatic carbocycles. The van der Waals surface area contributed by atoms with E-state index in [0.29, 0.717) is 0 Å². The van der Waals surface area contributed by atoms with Gasteiger partial charge in [-0.3, -0.25) is 9.59 Å². The molecule has 5 rings (SSSR count). The quantitative estimate of drug-likeness (QED) is 0.613. The van der Waals surface area contributed by atoms with Gasteiger partial charge in [-0.25, -0.2) is 4.98 Å². The molecule has 3 atom stereocenters. The number of aromatic amines is 1. The molecule has 2 amide bonds. The maximum atomic E-state index is 13.0. The number of carbonyl (C=O) groups excluding carboxylic acids is 2. The molecule has 2 fully saturated rings. The highest BCUT2D eigenvalue weighted by molar-refractivity contribution is 7.14. The predicted molar refractivity (Wildman–Crippen MR) is 122 cm³/mol. The lowest BCUT2D eigenvalue weighted by molar-refractivity contribution is -0.123. The van der Waals surface area contributed by atoms with Crippen LogP contribution in [0, 0.1) is 5.92 Å². The summed E-state index contributed by atoms with van der Waals surface area (Å²) in [4.78, 5) is 37.5. The number of amides is 2. The van der Waals surface area contributed by atoms with Gasteiger partial charge in [-0.05, 0) is 64.3 Å². The van der Waals surface area contributed by atoms with Crippen molar-refractivity contribution in [3.8, 4) is 0 Å². The van der Waals surface area contributed by atoms with Crippen LogP contribution >= 0.6 is 11.3 Å². The molecule has 0 radical (unpaired) electrons. The van der Waals surface area contributed by atoms with Crippen molar-refractivity contribution in [2.45, 2.75) is 57.5 Å². The number of nitrogens with one attached hydrogen (secondary N) is 2. The zero-order valence-corrected chi connectivity index (χ0v) is 19.0. The topological polar surface area (TPSA) is 78.1 Å². The van der Waals surface area contributed by atoms with E-state index in [-0.39, 0.29) is 35.2 Å². The number of fused-ring (bicyclic) bond motifs is 1. The molecule has 2 aromatic heterocycles. The van der Waals surface area contributed by atoms with E-state index in [1.807, 2.05) is 48.2 Å². The molecule has 2 N–H and O–H groups in total. The third-order valence-corrected chi connectivity index (χ3v) is 7.91. The number of nitrogens with zero attached hydrogens (tertiary/aromatic N) is 2. The van der Waals surface area contributed by atoms with Crippen molar-refractivity contribution in [1.82, 2.24) is 20.2 Å². The molecule has 2 aliphatic rings. The Morgan fingerprint density at radius 1 is 1.26 bits per heavy atom. The fourth-order valence-corrected chi connectivity index (χ4v) is 5.60. The molecule has 1 saturated carbocycles. The Bertz CT molecular complexity index is 1110. The van der Waals surface area contributed by atoms with Crippen LogP contribution in [0.25, 0.3) is 11.0 Å². The fraction of sp³-hybridized carbons (Fsp3) is 0.458. The lowest BCUT2D eigenvalue weighted by Crippen LogP contribution is -2.42. The van der Waals surface area contributed by atoms with Gasteiger partial charge in [0.15, 0.2) is 0 Å². The highest BCUT2D eigenvalue weighted by atomic mass is 32.1. The second-order valence-corrected chi connectivity index (χ2v) is 10.5. The van der Waals surface area contributed by atoms with Crippen molar-refractivity contribution in [3.05, 3.63) is 52.0 Å². The minimum absolute atomic E-state index is 0.0468. The van der Waals surface area contributed by atoms with E-state index in [1.54, 1.807) is 0 Å². The molecule has 0 bridgehead atoms. The lowest BCUT2D eigenvalue weighted by atomic mass is 10.0. The lowest BCUT2D eigenvalue weighted by Gasteiger charge is -2.31. The molecule has 6 nitrogen and oxygen atoms in total. The summed E-state index contributed by atoms with van der Waals surface area (Å²) in [6, 6.07) is 11.7. The SMILES string of the molecule is C[C@@H](NC(=O)C1CC1c1nc2ccccc2[nH]1)c1ccc(C(=O)N2CCCC2(C)C)s1. The van der Waals surface area contributed by atoms with E-state index in [4.69, 9.17) is 0 Å².